The molecule has 4 rings (SSSR count). The second-order valence-electron chi connectivity index (χ2n) is 7.01. The highest BCUT2D eigenvalue weighted by Crippen LogP contribution is 2.32. The number of hydrogen-bond acceptors (Lipinski definition) is 3. The highest BCUT2D eigenvalue weighted by Gasteiger charge is 2.20. The Balaban J connectivity index is 1.52. The van der Waals surface area contributed by atoms with Gasteiger partial charge in [0.25, 0.3) is 5.91 Å². The molecule has 1 aliphatic heterocycles. The first kappa shape index (κ1) is 16.9. The minimum Gasteiger partial charge on any atom is -0.435 e. The Bertz CT molecular complexity index is 981. The Kier molecular flexibility index (Phi) is 4.31. The van der Waals surface area contributed by atoms with Crippen molar-refractivity contribution in [1.29, 1.82) is 0 Å². The van der Waals surface area contributed by atoms with Crippen LogP contribution in [0.25, 0.3) is 10.9 Å². The number of carbonyl (C=O) groups excluding carboxylic acids is 1. The summed E-state index contributed by atoms with van der Waals surface area (Å²) in [6, 6.07) is 6.60. The lowest BCUT2D eigenvalue weighted by atomic mass is 10.0. The van der Waals surface area contributed by atoms with Crippen LogP contribution in [0.2, 0.25) is 0 Å². The number of nitrogens with one attached hydrogen (secondary N) is 1. The van der Waals surface area contributed by atoms with Crippen molar-refractivity contribution in [3.63, 3.8) is 0 Å². The molecule has 3 heterocycles. The Morgan fingerprint density at radius 3 is 2.96 bits per heavy atom. The molecule has 0 radical (unpaired) electrons. The van der Waals surface area contributed by atoms with E-state index >= 15 is 0 Å². The molecule has 26 heavy (non-hydrogen) atoms. The van der Waals surface area contributed by atoms with E-state index in [2.05, 4.69) is 40.0 Å². The molecule has 1 amide bonds. The lowest BCUT2D eigenvalue weighted by molar-refractivity contribution is 0.0924. The number of amides is 1. The SMILES string of the molecule is CCc1nc(C)c(C(=O)NCCc2c(C)n3c4c(cccc24)CCC3)o1. The fourth-order valence-electron chi connectivity index (χ4n) is 4.10. The third-order valence-electron chi connectivity index (χ3n) is 5.39. The largest absolute Gasteiger partial charge is 0.435 e. The molecule has 0 spiro atoms. The van der Waals surface area contributed by atoms with Crippen molar-refractivity contribution in [2.45, 2.75) is 53.0 Å². The summed E-state index contributed by atoms with van der Waals surface area (Å²) in [6.07, 6.45) is 3.86. The molecule has 0 bridgehead atoms. The number of benzene rings is 1. The van der Waals surface area contributed by atoms with Gasteiger partial charge in [-0.3, -0.25) is 4.79 Å². The van der Waals surface area contributed by atoms with Crippen LogP contribution in [0.3, 0.4) is 0 Å². The van der Waals surface area contributed by atoms with Crippen LogP contribution in [-0.4, -0.2) is 22.0 Å². The van der Waals surface area contributed by atoms with Gasteiger partial charge in [0.2, 0.25) is 5.76 Å². The Hall–Kier alpha value is -2.56. The van der Waals surface area contributed by atoms with Crippen molar-refractivity contribution in [2.24, 2.45) is 0 Å². The van der Waals surface area contributed by atoms with Gasteiger partial charge in [0.05, 0.1) is 11.2 Å². The van der Waals surface area contributed by atoms with Gasteiger partial charge in [-0.1, -0.05) is 25.1 Å². The fourth-order valence-corrected chi connectivity index (χ4v) is 4.10. The average Bonchev–Trinajstić information content (AvgIpc) is 3.16. The second-order valence-corrected chi connectivity index (χ2v) is 7.01. The van der Waals surface area contributed by atoms with Gasteiger partial charge >= 0.3 is 0 Å². The van der Waals surface area contributed by atoms with Crippen LogP contribution in [0.15, 0.2) is 22.6 Å². The van der Waals surface area contributed by atoms with Crippen LogP contribution in [0.5, 0.6) is 0 Å². The van der Waals surface area contributed by atoms with Crippen molar-refractivity contribution in [3.8, 4) is 0 Å². The molecule has 3 aromatic rings. The van der Waals surface area contributed by atoms with Gasteiger partial charge in [-0.15, -0.1) is 0 Å². The van der Waals surface area contributed by atoms with Gasteiger partial charge in [-0.05, 0) is 44.2 Å². The third-order valence-corrected chi connectivity index (χ3v) is 5.39. The average molecular weight is 351 g/mol. The fraction of sp³-hybridized carbons (Fsp3) is 0.429. The zero-order chi connectivity index (χ0) is 18.3. The quantitative estimate of drug-likeness (QED) is 0.762. The summed E-state index contributed by atoms with van der Waals surface area (Å²) in [5.41, 5.74) is 6.15. The highest BCUT2D eigenvalue weighted by atomic mass is 16.4. The highest BCUT2D eigenvalue weighted by molar-refractivity contribution is 5.92. The van der Waals surface area contributed by atoms with E-state index in [0.29, 0.717) is 30.3 Å². The zero-order valence-corrected chi connectivity index (χ0v) is 15.7. The normalized spacial score (nSPS) is 13.3. The van der Waals surface area contributed by atoms with E-state index < -0.39 is 0 Å². The van der Waals surface area contributed by atoms with Crippen molar-refractivity contribution in [3.05, 3.63) is 52.4 Å². The van der Waals surface area contributed by atoms with Crippen LogP contribution in [0.4, 0.5) is 0 Å². The number of para-hydroxylation sites is 1. The summed E-state index contributed by atoms with van der Waals surface area (Å²) < 4.78 is 7.98. The Morgan fingerprint density at radius 2 is 2.19 bits per heavy atom. The molecule has 2 aromatic heterocycles. The van der Waals surface area contributed by atoms with Gasteiger partial charge in [0.15, 0.2) is 5.89 Å². The first-order valence-electron chi connectivity index (χ1n) is 9.44. The topological polar surface area (TPSA) is 60.1 Å². The zero-order valence-electron chi connectivity index (χ0n) is 15.7. The minimum absolute atomic E-state index is 0.180. The first-order valence-corrected chi connectivity index (χ1v) is 9.44. The molecule has 1 aromatic carbocycles. The van der Waals surface area contributed by atoms with Crippen LogP contribution in [0.1, 0.15) is 52.3 Å². The molecule has 0 saturated carbocycles. The molecule has 136 valence electrons. The van der Waals surface area contributed by atoms with Crippen LogP contribution in [0, 0.1) is 13.8 Å². The van der Waals surface area contributed by atoms with E-state index in [0.717, 1.165) is 19.4 Å². The summed E-state index contributed by atoms with van der Waals surface area (Å²) in [4.78, 5) is 16.7. The summed E-state index contributed by atoms with van der Waals surface area (Å²) in [5.74, 6) is 0.764. The summed E-state index contributed by atoms with van der Waals surface area (Å²) >= 11 is 0. The maximum atomic E-state index is 12.4. The number of aromatic nitrogens is 2. The van der Waals surface area contributed by atoms with Crippen molar-refractivity contribution in [2.75, 3.05) is 6.54 Å². The molecule has 0 fully saturated rings. The summed E-state index contributed by atoms with van der Waals surface area (Å²) in [6.45, 7) is 7.65. The predicted molar refractivity (Wildman–Crippen MR) is 102 cm³/mol. The van der Waals surface area contributed by atoms with Gasteiger partial charge in [-0.25, -0.2) is 4.98 Å². The van der Waals surface area contributed by atoms with E-state index in [1.807, 2.05) is 13.8 Å². The minimum atomic E-state index is -0.180. The number of aryl methyl sites for hydroxylation is 4. The Morgan fingerprint density at radius 1 is 1.35 bits per heavy atom. The number of carbonyl (C=O) groups is 1. The number of nitrogens with zero attached hydrogens (tertiary/aromatic N) is 2. The molecule has 1 aliphatic rings. The van der Waals surface area contributed by atoms with E-state index in [1.165, 1.54) is 34.1 Å². The van der Waals surface area contributed by atoms with E-state index in [9.17, 15) is 4.79 Å². The lowest BCUT2D eigenvalue weighted by Gasteiger charge is -2.16. The predicted octanol–water partition coefficient (Wildman–Crippen LogP) is 3.73. The molecule has 0 saturated heterocycles. The van der Waals surface area contributed by atoms with E-state index in [1.54, 1.807) is 0 Å². The van der Waals surface area contributed by atoms with Crippen molar-refractivity contribution >= 4 is 16.8 Å². The van der Waals surface area contributed by atoms with Crippen LogP contribution < -0.4 is 5.32 Å². The Labute approximate surface area is 153 Å². The first-order chi connectivity index (χ1) is 12.6. The van der Waals surface area contributed by atoms with Crippen molar-refractivity contribution < 1.29 is 9.21 Å². The molecular weight excluding hydrogens is 326 g/mol. The summed E-state index contributed by atoms with van der Waals surface area (Å²) in [7, 11) is 0. The molecule has 0 atom stereocenters. The molecule has 5 heteroatoms. The molecule has 1 N–H and O–H groups in total. The maximum Gasteiger partial charge on any atom is 0.289 e. The smallest absolute Gasteiger partial charge is 0.289 e. The molecule has 0 aliphatic carbocycles. The van der Waals surface area contributed by atoms with Gasteiger partial charge in [-0.2, -0.15) is 0 Å². The molecular formula is C21H25N3O2. The van der Waals surface area contributed by atoms with Gasteiger partial charge < -0.3 is 14.3 Å². The standard InChI is InChI=1S/C21H25N3O2/c1-4-18-23-13(2)20(26-18)21(25)22-11-10-16-14(3)24-12-6-8-15-7-5-9-17(16)19(15)24/h5,7,9H,4,6,8,10-12H2,1-3H3,(H,22,25). The summed E-state index contributed by atoms with van der Waals surface area (Å²) in [5, 5.41) is 4.32. The monoisotopic (exact) mass is 351 g/mol. The maximum absolute atomic E-state index is 12.4. The van der Waals surface area contributed by atoms with Gasteiger partial charge in [0.1, 0.15) is 0 Å². The van der Waals surface area contributed by atoms with Crippen LogP contribution >= 0.6 is 0 Å². The van der Waals surface area contributed by atoms with Crippen LogP contribution in [-0.2, 0) is 25.8 Å². The van der Waals surface area contributed by atoms with Gasteiger partial charge in [0, 0.05) is 30.6 Å². The molecule has 5 nitrogen and oxygen atoms in total. The third kappa shape index (κ3) is 2.71. The molecule has 0 unspecified atom stereocenters. The number of hydrogen-bond donors (Lipinski definition) is 1. The lowest BCUT2D eigenvalue weighted by Crippen LogP contribution is -2.26. The number of rotatable bonds is 5. The van der Waals surface area contributed by atoms with E-state index in [-0.39, 0.29) is 5.91 Å². The number of oxazole rings is 1. The van der Waals surface area contributed by atoms with Crippen molar-refractivity contribution in [1.82, 2.24) is 14.9 Å². The van der Waals surface area contributed by atoms with E-state index in [4.69, 9.17) is 4.42 Å². The second kappa shape index (κ2) is 6.63.